The van der Waals surface area contributed by atoms with Crippen LogP contribution in [0.25, 0.3) is 0 Å². The van der Waals surface area contributed by atoms with E-state index in [-0.39, 0.29) is 32.3 Å². The van der Waals surface area contributed by atoms with Gasteiger partial charge in [-0.25, -0.2) is 0 Å². The Labute approximate surface area is 369 Å². The highest BCUT2D eigenvalue weighted by molar-refractivity contribution is 7.45. The van der Waals surface area contributed by atoms with Gasteiger partial charge in [-0.3, -0.25) is 14.2 Å². The highest BCUT2D eigenvalue weighted by Crippen LogP contribution is 2.38. The van der Waals surface area contributed by atoms with Crippen molar-refractivity contribution in [3.05, 3.63) is 72.9 Å². The quantitative estimate of drug-likeness (QED) is 0.0134. The second-order valence-electron chi connectivity index (χ2n) is 16.6. The van der Waals surface area contributed by atoms with Crippen LogP contribution in [-0.4, -0.2) is 104 Å². The fourth-order valence-corrected chi connectivity index (χ4v) is 6.50. The normalized spacial score (nSPS) is 15.8. The molecule has 0 bridgehead atoms. The van der Waals surface area contributed by atoms with Gasteiger partial charge in [0.15, 0.2) is 6.10 Å². The second kappa shape index (κ2) is 39.0. The largest absolute Gasteiger partial charge is 0.756 e. The lowest BCUT2D eigenvalue weighted by Crippen LogP contribution is -2.37. The van der Waals surface area contributed by atoms with Gasteiger partial charge in [0.1, 0.15) is 19.8 Å². The van der Waals surface area contributed by atoms with Gasteiger partial charge < -0.3 is 43.2 Å². The van der Waals surface area contributed by atoms with Gasteiger partial charge in [-0.05, 0) is 57.8 Å². The maximum absolute atomic E-state index is 12.7. The standard InChI is InChI=1S/C48H84NO11P/c1-6-8-10-11-12-13-14-15-16-17-18-19-20-21-22-27-31-37-48(54)60-44(42-59-61(55,56)58-40-39-49(3,4)5)41-57-47(53)38-32-36-46(52)45(51)35-30-26-24-23-25-29-34-43(50)33-28-9-7-2/h12-13,15-16,23-26,29-30,34-35,43-46,50-52H,6-11,14,17-22,27-28,31-33,36-42H2,1-5H3/b13-12-,16-15-,25-23-,26-24+,34-29+,35-30+/t43-,44-,45-,46-/m1/s1. The Morgan fingerprint density at radius 1 is 0.639 bits per heavy atom. The van der Waals surface area contributed by atoms with Crippen LogP contribution < -0.4 is 4.89 Å². The molecule has 0 aliphatic carbocycles. The number of likely N-dealkylation sites (N-methyl/N-ethyl adjacent to an activating group) is 1. The van der Waals surface area contributed by atoms with Gasteiger partial charge in [0, 0.05) is 12.8 Å². The minimum absolute atomic E-state index is 0.0811. The average Bonchev–Trinajstić information content (AvgIpc) is 3.20. The Morgan fingerprint density at radius 2 is 1.20 bits per heavy atom. The number of hydrogen-bond acceptors (Lipinski definition) is 11. The zero-order valence-corrected chi connectivity index (χ0v) is 39.3. The summed E-state index contributed by atoms with van der Waals surface area (Å²) in [6.07, 6.45) is 37.2. The number of carbonyl (C=O) groups is 2. The second-order valence-corrected chi connectivity index (χ2v) is 18.0. The first-order valence-electron chi connectivity index (χ1n) is 23.0. The van der Waals surface area contributed by atoms with Crippen LogP contribution in [0.4, 0.5) is 0 Å². The monoisotopic (exact) mass is 882 g/mol. The minimum atomic E-state index is -4.72. The lowest BCUT2D eigenvalue weighted by molar-refractivity contribution is -0.870. The summed E-state index contributed by atoms with van der Waals surface area (Å²) in [5, 5.41) is 30.5. The Morgan fingerprint density at radius 3 is 1.84 bits per heavy atom. The van der Waals surface area contributed by atoms with Crippen LogP contribution in [-0.2, 0) is 32.7 Å². The molecule has 13 heteroatoms. The molecule has 0 aliphatic heterocycles. The molecule has 5 atom stereocenters. The van der Waals surface area contributed by atoms with Gasteiger partial charge >= 0.3 is 11.9 Å². The lowest BCUT2D eigenvalue weighted by atomic mass is 10.1. The van der Waals surface area contributed by atoms with Gasteiger partial charge in [0.25, 0.3) is 7.82 Å². The lowest BCUT2D eigenvalue weighted by Gasteiger charge is -2.28. The predicted molar refractivity (Wildman–Crippen MR) is 244 cm³/mol. The van der Waals surface area contributed by atoms with E-state index in [1.165, 1.54) is 44.6 Å². The molecule has 0 aromatic heterocycles. The summed E-state index contributed by atoms with van der Waals surface area (Å²) in [7, 11) is 0.960. The third-order valence-electron chi connectivity index (χ3n) is 9.57. The average molecular weight is 882 g/mol. The maximum atomic E-state index is 12.7. The summed E-state index contributed by atoms with van der Waals surface area (Å²) in [4.78, 5) is 37.6. The van der Waals surface area contributed by atoms with Crippen LogP contribution in [0.1, 0.15) is 149 Å². The molecular formula is C48H84NO11P. The van der Waals surface area contributed by atoms with E-state index in [0.717, 1.165) is 64.2 Å². The molecule has 0 aliphatic rings. The predicted octanol–water partition coefficient (Wildman–Crippen LogP) is 9.30. The highest BCUT2D eigenvalue weighted by Gasteiger charge is 2.22. The molecule has 0 spiro atoms. The van der Waals surface area contributed by atoms with Crippen LogP contribution in [0, 0.1) is 0 Å². The van der Waals surface area contributed by atoms with Gasteiger partial charge in [0.05, 0.1) is 46.1 Å². The van der Waals surface area contributed by atoms with Crippen molar-refractivity contribution < 1.29 is 57.4 Å². The van der Waals surface area contributed by atoms with Crippen molar-refractivity contribution in [1.29, 1.82) is 0 Å². The van der Waals surface area contributed by atoms with E-state index in [4.69, 9.17) is 18.5 Å². The Bertz CT molecular complexity index is 1320. The molecule has 0 amide bonds. The summed E-state index contributed by atoms with van der Waals surface area (Å²) in [6, 6.07) is 0. The number of esters is 2. The Kier molecular flexibility index (Phi) is 37.3. The number of carbonyl (C=O) groups excluding carboxylic acids is 2. The number of phosphoric acid groups is 1. The third-order valence-corrected chi connectivity index (χ3v) is 10.5. The summed E-state index contributed by atoms with van der Waals surface area (Å²) < 4.78 is 33.6. The number of nitrogens with zero attached hydrogens (tertiary/aromatic N) is 1. The molecule has 12 nitrogen and oxygen atoms in total. The minimum Gasteiger partial charge on any atom is -0.756 e. The summed E-state index contributed by atoms with van der Waals surface area (Å²) in [6.45, 7) is 3.68. The SMILES string of the molecule is CCCCC/C=C\C/C=C\CCCCCCCCCC(=O)O[C@H](COC(=O)CCC[C@@H](O)[C@H](O)/C=C/C=C/C=C\C=C\[C@H](O)CCCCC)COP(=O)([O-])OCC[N+](C)(C)C. The molecule has 0 heterocycles. The molecule has 0 rings (SSSR count). The first-order valence-corrected chi connectivity index (χ1v) is 24.4. The molecule has 0 aromatic rings. The molecule has 0 radical (unpaired) electrons. The summed E-state index contributed by atoms with van der Waals surface area (Å²) in [5.41, 5.74) is 0. The topological polar surface area (TPSA) is 172 Å². The molecule has 0 saturated heterocycles. The zero-order chi connectivity index (χ0) is 45.5. The molecular weight excluding hydrogens is 797 g/mol. The summed E-state index contributed by atoms with van der Waals surface area (Å²) in [5.74, 6) is -1.18. The van der Waals surface area contributed by atoms with Crippen LogP contribution >= 0.6 is 7.82 Å². The van der Waals surface area contributed by atoms with Crippen molar-refractivity contribution in [1.82, 2.24) is 0 Å². The number of phosphoric ester groups is 1. The van der Waals surface area contributed by atoms with Crippen LogP contribution in [0.2, 0.25) is 0 Å². The van der Waals surface area contributed by atoms with E-state index in [1.807, 2.05) is 21.1 Å². The van der Waals surface area contributed by atoms with E-state index < -0.39 is 57.4 Å². The molecule has 0 aromatic carbocycles. The van der Waals surface area contributed by atoms with Crippen molar-refractivity contribution in [3.8, 4) is 0 Å². The number of quaternary nitrogens is 1. The van der Waals surface area contributed by atoms with Crippen LogP contribution in [0.3, 0.4) is 0 Å². The van der Waals surface area contributed by atoms with Gasteiger partial charge in [-0.2, -0.15) is 0 Å². The number of rotatable bonds is 40. The van der Waals surface area contributed by atoms with E-state index in [0.29, 0.717) is 17.4 Å². The maximum Gasteiger partial charge on any atom is 0.306 e. The van der Waals surface area contributed by atoms with Crippen molar-refractivity contribution in [2.45, 2.75) is 173 Å². The van der Waals surface area contributed by atoms with E-state index in [1.54, 1.807) is 42.5 Å². The number of ether oxygens (including phenoxy) is 2. The fraction of sp³-hybridized carbons (Fsp3) is 0.708. The summed E-state index contributed by atoms with van der Waals surface area (Å²) >= 11 is 0. The molecule has 0 saturated carbocycles. The molecule has 352 valence electrons. The number of allylic oxidation sites excluding steroid dienone is 10. The Hall–Kier alpha value is -2.67. The van der Waals surface area contributed by atoms with Crippen molar-refractivity contribution in [2.75, 3.05) is 47.5 Å². The molecule has 3 N–H and O–H groups in total. The zero-order valence-electron chi connectivity index (χ0n) is 38.4. The highest BCUT2D eigenvalue weighted by atomic mass is 31.2. The van der Waals surface area contributed by atoms with E-state index >= 15 is 0 Å². The fourth-order valence-electron chi connectivity index (χ4n) is 5.77. The van der Waals surface area contributed by atoms with Crippen LogP contribution in [0.15, 0.2) is 72.9 Å². The number of aliphatic hydroxyl groups excluding tert-OH is 3. The molecule has 61 heavy (non-hydrogen) atoms. The number of unbranched alkanes of at least 4 members (excludes halogenated alkanes) is 12. The molecule has 0 fully saturated rings. The Balaban J connectivity index is 4.68. The van der Waals surface area contributed by atoms with Crippen molar-refractivity contribution in [3.63, 3.8) is 0 Å². The number of aliphatic hydroxyl groups is 3. The number of hydrogen-bond donors (Lipinski definition) is 3. The third kappa shape index (κ3) is 41.1. The van der Waals surface area contributed by atoms with Crippen molar-refractivity contribution in [2.24, 2.45) is 0 Å². The van der Waals surface area contributed by atoms with E-state index in [9.17, 15) is 34.4 Å². The first kappa shape index (κ1) is 58.3. The molecule has 1 unspecified atom stereocenters. The first-order chi connectivity index (χ1) is 29.2. The smallest absolute Gasteiger partial charge is 0.306 e. The van der Waals surface area contributed by atoms with Crippen LogP contribution in [0.5, 0.6) is 0 Å². The van der Waals surface area contributed by atoms with Crippen molar-refractivity contribution >= 4 is 19.8 Å². The van der Waals surface area contributed by atoms with Gasteiger partial charge in [-0.1, -0.05) is 151 Å². The van der Waals surface area contributed by atoms with Gasteiger partial charge in [0.2, 0.25) is 0 Å². The van der Waals surface area contributed by atoms with E-state index in [2.05, 4.69) is 38.2 Å². The van der Waals surface area contributed by atoms with Gasteiger partial charge in [-0.15, -0.1) is 0 Å².